The number of amides is 1. The molecular weight excluding hydrogens is 348 g/mol. The van der Waals surface area contributed by atoms with Gasteiger partial charge in [0.05, 0.1) is 5.69 Å². The lowest BCUT2D eigenvalue weighted by Crippen LogP contribution is -2.26. The molecule has 0 aliphatic rings. The zero-order valence-corrected chi connectivity index (χ0v) is 15.9. The van der Waals surface area contributed by atoms with Gasteiger partial charge in [0.15, 0.2) is 17.5 Å². The molecule has 0 radical (unpaired) electrons. The van der Waals surface area contributed by atoms with Gasteiger partial charge in [-0.2, -0.15) is 0 Å². The van der Waals surface area contributed by atoms with E-state index in [1.165, 1.54) is 15.5 Å². The standard InChI is InChI=1S/C20H26N2O5/c1-4-8-17(23)21(3)15-9-5-6-10-16(15)27-19(25)11-7-12-22-18(24)13-14(2)20(22)26/h5-6,9-10,13,24,26H,4,7-8,11-12H2,1-3H3. The first-order valence-electron chi connectivity index (χ1n) is 8.99. The highest BCUT2D eigenvalue weighted by Gasteiger charge is 2.17. The van der Waals surface area contributed by atoms with Gasteiger partial charge in [0.1, 0.15) is 0 Å². The predicted octanol–water partition coefficient (Wildman–Crippen LogP) is 3.36. The Morgan fingerprint density at radius 1 is 1.19 bits per heavy atom. The summed E-state index contributed by atoms with van der Waals surface area (Å²) in [7, 11) is 1.66. The first-order chi connectivity index (χ1) is 12.8. The van der Waals surface area contributed by atoms with E-state index in [4.69, 9.17) is 4.74 Å². The van der Waals surface area contributed by atoms with E-state index < -0.39 is 5.97 Å². The van der Waals surface area contributed by atoms with Gasteiger partial charge in [-0.15, -0.1) is 0 Å². The molecule has 1 aromatic heterocycles. The minimum atomic E-state index is -0.443. The van der Waals surface area contributed by atoms with Crippen LogP contribution in [-0.4, -0.2) is 33.7 Å². The van der Waals surface area contributed by atoms with E-state index in [1.54, 1.807) is 38.2 Å². The van der Waals surface area contributed by atoms with E-state index in [0.29, 0.717) is 29.8 Å². The van der Waals surface area contributed by atoms with Crippen molar-refractivity contribution < 1.29 is 24.5 Å². The van der Waals surface area contributed by atoms with E-state index >= 15 is 0 Å². The van der Waals surface area contributed by atoms with Gasteiger partial charge in [-0.3, -0.25) is 14.2 Å². The molecule has 2 N–H and O–H groups in total. The van der Waals surface area contributed by atoms with Gasteiger partial charge >= 0.3 is 5.97 Å². The van der Waals surface area contributed by atoms with Crippen LogP contribution in [0, 0.1) is 6.92 Å². The Morgan fingerprint density at radius 3 is 2.52 bits per heavy atom. The first-order valence-corrected chi connectivity index (χ1v) is 8.99. The zero-order chi connectivity index (χ0) is 20.0. The van der Waals surface area contributed by atoms with Gasteiger partial charge in [-0.05, 0) is 31.9 Å². The second kappa shape index (κ2) is 9.12. The van der Waals surface area contributed by atoms with Crippen LogP contribution in [0.2, 0.25) is 0 Å². The zero-order valence-electron chi connectivity index (χ0n) is 15.9. The largest absolute Gasteiger partial charge is 0.494 e. The fourth-order valence-corrected chi connectivity index (χ4v) is 2.77. The van der Waals surface area contributed by atoms with Crippen LogP contribution < -0.4 is 9.64 Å². The van der Waals surface area contributed by atoms with Crippen molar-refractivity contribution in [3.8, 4) is 17.5 Å². The van der Waals surface area contributed by atoms with Crippen molar-refractivity contribution in [1.29, 1.82) is 0 Å². The molecule has 27 heavy (non-hydrogen) atoms. The van der Waals surface area contributed by atoms with E-state index in [9.17, 15) is 19.8 Å². The predicted molar refractivity (Wildman–Crippen MR) is 102 cm³/mol. The number of hydrogen-bond donors (Lipinski definition) is 2. The third-order valence-corrected chi connectivity index (χ3v) is 4.28. The molecule has 0 saturated carbocycles. The lowest BCUT2D eigenvalue weighted by molar-refractivity contribution is -0.134. The quantitative estimate of drug-likeness (QED) is 0.546. The molecule has 2 rings (SSSR count). The van der Waals surface area contributed by atoms with Crippen LogP contribution in [0.15, 0.2) is 30.3 Å². The first kappa shape index (κ1) is 20.4. The minimum absolute atomic E-state index is 0.0118. The fraction of sp³-hybridized carbons (Fsp3) is 0.400. The highest BCUT2D eigenvalue weighted by Crippen LogP contribution is 2.29. The molecule has 1 aromatic carbocycles. The Balaban J connectivity index is 1.97. The molecule has 0 fully saturated rings. The summed E-state index contributed by atoms with van der Waals surface area (Å²) in [5.74, 6) is -0.212. The van der Waals surface area contributed by atoms with Crippen molar-refractivity contribution in [3.05, 3.63) is 35.9 Å². The SMILES string of the molecule is CCCC(=O)N(C)c1ccccc1OC(=O)CCCn1c(O)cc(C)c1O. The summed E-state index contributed by atoms with van der Waals surface area (Å²) < 4.78 is 6.77. The highest BCUT2D eigenvalue weighted by molar-refractivity contribution is 5.94. The number of carbonyl (C=O) groups excluding carboxylic acids is 2. The number of hydrogen-bond acceptors (Lipinski definition) is 5. The van der Waals surface area contributed by atoms with Gasteiger partial charge in [0, 0.05) is 38.1 Å². The van der Waals surface area contributed by atoms with Crippen molar-refractivity contribution in [2.75, 3.05) is 11.9 Å². The average molecular weight is 374 g/mol. The maximum Gasteiger partial charge on any atom is 0.311 e. The number of carbonyl (C=O) groups is 2. The van der Waals surface area contributed by atoms with Crippen LogP contribution in [0.4, 0.5) is 5.69 Å². The number of benzene rings is 1. The topological polar surface area (TPSA) is 92.0 Å². The van der Waals surface area contributed by atoms with Crippen LogP contribution in [0.3, 0.4) is 0 Å². The van der Waals surface area contributed by atoms with Crippen LogP contribution in [-0.2, 0) is 16.1 Å². The molecule has 0 saturated heterocycles. The van der Waals surface area contributed by atoms with Gasteiger partial charge in [-0.25, -0.2) is 0 Å². The number of aromatic nitrogens is 1. The molecule has 7 nitrogen and oxygen atoms in total. The molecule has 0 atom stereocenters. The Morgan fingerprint density at radius 2 is 1.89 bits per heavy atom. The van der Waals surface area contributed by atoms with E-state index in [1.807, 2.05) is 6.92 Å². The lowest BCUT2D eigenvalue weighted by Gasteiger charge is -2.20. The molecule has 1 amide bonds. The monoisotopic (exact) mass is 374 g/mol. The smallest absolute Gasteiger partial charge is 0.311 e. The molecule has 0 spiro atoms. The molecule has 146 valence electrons. The van der Waals surface area contributed by atoms with Gasteiger partial charge < -0.3 is 19.8 Å². The summed E-state index contributed by atoms with van der Waals surface area (Å²) in [5.41, 5.74) is 1.12. The minimum Gasteiger partial charge on any atom is -0.494 e. The second-order valence-electron chi connectivity index (χ2n) is 6.41. The highest BCUT2D eigenvalue weighted by atomic mass is 16.5. The van der Waals surface area contributed by atoms with Gasteiger partial charge in [0.25, 0.3) is 0 Å². The third-order valence-electron chi connectivity index (χ3n) is 4.28. The Kier molecular flexibility index (Phi) is 6.87. The molecule has 0 unspecified atom stereocenters. The Hall–Kier alpha value is -2.96. The molecule has 0 aliphatic heterocycles. The lowest BCUT2D eigenvalue weighted by atomic mass is 10.2. The van der Waals surface area contributed by atoms with Crippen molar-refractivity contribution in [2.45, 2.75) is 46.1 Å². The summed E-state index contributed by atoms with van der Waals surface area (Å²) in [6, 6.07) is 8.36. The third kappa shape index (κ3) is 5.03. The van der Waals surface area contributed by atoms with Gasteiger partial charge in [0.2, 0.25) is 5.91 Å². The Labute approximate surface area is 158 Å². The van der Waals surface area contributed by atoms with Crippen LogP contribution in [0.1, 0.15) is 38.2 Å². The molecular formula is C20H26N2O5. The van der Waals surface area contributed by atoms with Gasteiger partial charge in [-0.1, -0.05) is 19.1 Å². The number of ether oxygens (including phenoxy) is 1. The molecule has 0 aliphatic carbocycles. The van der Waals surface area contributed by atoms with Crippen molar-refractivity contribution >= 4 is 17.6 Å². The maximum absolute atomic E-state index is 12.2. The van der Waals surface area contributed by atoms with E-state index in [0.717, 1.165) is 6.42 Å². The summed E-state index contributed by atoms with van der Waals surface area (Å²) in [6.45, 7) is 3.91. The summed E-state index contributed by atoms with van der Waals surface area (Å²) in [6.07, 6.45) is 1.66. The summed E-state index contributed by atoms with van der Waals surface area (Å²) in [5, 5.41) is 19.6. The number of anilines is 1. The molecule has 0 bridgehead atoms. The Bertz CT molecular complexity index is 813. The van der Waals surface area contributed by atoms with Crippen LogP contribution >= 0.6 is 0 Å². The number of rotatable bonds is 8. The normalized spacial score (nSPS) is 10.6. The maximum atomic E-state index is 12.2. The number of para-hydroxylation sites is 2. The van der Waals surface area contributed by atoms with Crippen LogP contribution in [0.25, 0.3) is 0 Å². The fourth-order valence-electron chi connectivity index (χ4n) is 2.77. The van der Waals surface area contributed by atoms with Crippen LogP contribution in [0.5, 0.6) is 17.5 Å². The van der Waals surface area contributed by atoms with Crippen molar-refractivity contribution in [2.24, 2.45) is 0 Å². The summed E-state index contributed by atoms with van der Waals surface area (Å²) in [4.78, 5) is 25.8. The average Bonchev–Trinajstić information content (AvgIpc) is 2.87. The van der Waals surface area contributed by atoms with E-state index in [2.05, 4.69) is 0 Å². The molecule has 2 aromatic rings. The number of aromatic hydroxyl groups is 2. The van der Waals surface area contributed by atoms with E-state index in [-0.39, 0.29) is 30.6 Å². The van der Waals surface area contributed by atoms with Crippen molar-refractivity contribution in [3.63, 3.8) is 0 Å². The number of esters is 1. The molecule has 1 heterocycles. The second-order valence-corrected chi connectivity index (χ2v) is 6.41. The number of nitrogens with zero attached hydrogens (tertiary/aromatic N) is 2. The number of aryl methyl sites for hydroxylation is 1. The molecule has 7 heteroatoms. The summed E-state index contributed by atoms with van der Waals surface area (Å²) >= 11 is 0. The van der Waals surface area contributed by atoms with Crippen molar-refractivity contribution in [1.82, 2.24) is 4.57 Å².